The fraction of sp³-hybridized carbons (Fsp3) is 0.500. The van der Waals surface area contributed by atoms with Crippen LogP contribution >= 0.6 is 0 Å². The van der Waals surface area contributed by atoms with E-state index in [2.05, 4.69) is 36.1 Å². The summed E-state index contributed by atoms with van der Waals surface area (Å²) in [5, 5.41) is 20.0. The zero-order valence-electron chi connectivity index (χ0n) is 16.8. The minimum atomic E-state index is -0.547. The van der Waals surface area contributed by atoms with Crippen molar-refractivity contribution >= 4 is 0 Å². The molecular weight excluding hydrogens is 350 g/mol. The quantitative estimate of drug-likeness (QED) is 0.693. The predicted octanol–water partition coefficient (Wildman–Crippen LogP) is 3.70. The van der Waals surface area contributed by atoms with Gasteiger partial charge in [-0.25, -0.2) is 0 Å². The smallest absolute Gasteiger partial charge is 0.108 e. The highest BCUT2D eigenvalue weighted by Crippen LogP contribution is 2.28. The Kier molecular flexibility index (Phi) is 8.04. The van der Waals surface area contributed by atoms with Crippen molar-refractivity contribution in [1.82, 2.24) is 4.90 Å². The number of β-amino-alcohol motifs (C(OH)–C–C–N with tert-alkyl or cyclic N) is 1. The topological polar surface area (TPSA) is 52.9 Å². The van der Waals surface area contributed by atoms with E-state index in [1.165, 1.54) is 12.0 Å². The van der Waals surface area contributed by atoms with Crippen LogP contribution in [0, 0.1) is 6.92 Å². The lowest BCUT2D eigenvalue weighted by atomic mass is 9.97. The van der Waals surface area contributed by atoms with E-state index in [9.17, 15) is 10.2 Å². The van der Waals surface area contributed by atoms with Gasteiger partial charge in [0.15, 0.2) is 0 Å². The predicted molar refractivity (Wildman–Crippen MR) is 112 cm³/mol. The maximum atomic E-state index is 10.7. The molecule has 0 aliphatic carbocycles. The fourth-order valence-corrected chi connectivity index (χ4v) is 4.18. The summed E-state index contributed by atoms with van der Waals surface area (Å²) in [4.78, 5) is 2.32. The summed E-state index contributed by atoms with van der Waals surface area (Å²) in [7, 11) is 0. The summed E-state index contributed by atoms with van der Waals surface area (Å²) in [5.41, 5.74) is 3.42. The molecule has 2 aromatic carbocycles. The Labute approximate surface area is 168 Å². The number of piperidine rings is 1. The number of hydrogen-bond acceptors (Lipinski definition) is 4. The molecular formula is C24H33NO3. The number of aliphatic hydroxyl groups excluding tert-OH is 2. The van der Waals surface area contributed by atoms with Crippen molar-refractivity contribution in [2.75, 3.05) is 26.3 Å². The molecule has 1 heterocycles. The second-order valence-electron chi connectivity index (χ2n) is 7.79. The molecule has 3 rings (SSSR count). The molecule has 0 unspecified atom stereocenters. The molecule has 0 radical (unpaired) electrons. The fourth-order valence-electron chi connectivity index (χ4n) is 4.18. The summed E-state index contributed by atoms with van der Waals surface area (Å²) in [6, 6.07) is 18.8. The number of likely N-dealkylation sites (tertiary alicyclic amines) is 1. The van der Waals surface area contributed by atoms with Gasteiger partial charge in [-0.2, -0.15) is 0 Å². The van der Waals surface area contributed by atoms with Gasteiger partial charge in [0.25, 0.3) is 0 Å². The summed E-state index contributed by atoms with van der Waals surface area (Å²) in [6.07, 6.45) is 3.51. The number of hydrogen-bond donors (Lipinski definition) is 2. The third-order valence-corrected chi connectivity index (χ3v) is 5.69. The SMILES string of the molecule is Cc1ccccc1[C@H](OC[C@@H](O)CN1CCCC[C@@H]1CCO)c1ccccc1. The maximum absolute atomic E-state index is 10.7. The van der Waals surface area contributed by atoms with Gasteiger partial charge < -0.3 is 14.9 Å². The van der Waals surface area contributed by atoms with Gasteiger partial charge in [0.05, 0.1) is 12.7 Å². The van der Waals surface area contributed by atoms with E-state index in [0.717, 1.165) is 36.9 Å². The summed E-state index contributed by atoms with van der Waals surface area (Å²) < 4.78 is 6.27. The molecule has 4 heteroatoms. The van der Waals surface area contributed by atoms with E-state index >= 15 is 0 Å². The van der Waals surface area contributed by atoms with E-state index in [-0.39, 0.29) is 19.3 Å². The van der Waals surface area contributed by atoms with Crippen LogP contribution in [0.25, 0.3) is 0 Å². The lowest BCUT2D eigenvalue weighted by Gasteiger charge is -2.36. The Morgan fingerprint density at radius 1 is 1.07 bits per heavy atom. The second kappa shape index (κ2) is 10.7. The standard InChI is InChI=1S/C24H33NO3/c1-19-9-5-6-13-23(19)24(20-10-3-2-4-11-20)28-18-22(27)17-25-15-8-7-12-21(25)14-16-26/h2-6,9-11,13,21-22,24,26-27H,7-8,12,14-18H2,1H3/t21-,22+,24-/m1/s1. The van der Waals surface area contributed by atoms with E-state index < -0.39 is 6.10 Å². The molecule has 2 aromatic rings. The lowest BCUT2D eigenvalue weighted by molar-refractivity contribution is -0.0205. The molecule has 0 saturated carbocycles. The van der Waals surface area contributed by atoms with Crippen LogP contribution in [0.2, 0.25) is 0 Å². The van der Waals surface area contributed by atoms with E-state index in [1.54, 1.807) is 0 Å². The first-order valence-corrected chi connectivity index (χ1v) is 10.4. The Morgan fingerprint density at radius 2 is 1.82 bits per heavy atom. The van der Waals surface area contributed by atoms with Gasteiger partial charge in [0.1, 0.15) is 6.10 Å². The largest absolute Gasteiger partial charge is 0.396 e. The van der Waals surface area contributed by atoms with Crippen LogP contribution in [0.15, 0.2) is 54.6 Å². The second-order valence-corrected chi connectivity index (χ2v) is 7.79. The van der Waals surface area contributed by atoms with Crippen LogP contribution in [0.5, 0.6) is 0 Å². The Morgan fingerprint density at radius 3 is 2.57 bits per heavy atom. The monoisotopic (exact) mass is 383 g/mol. The lowest BCUT2D eigenvalue weighted by Crippen LogP contribution is -2.45. The highest BCUT2D eigenvalue weighted by molar-refractivity contribution is 5.35. The molecule has 3 atom stereocenters. The Balaban J connectivity index is 1.65. The first-order valence-electron chi connectivity index (χ1n) is 10.4. The number of ether oxygens (including phenoxy) is 1. The Bertz CT molecular complexity index is 704. The molecule has 1 fully saturated rings. The molecule has 2 N–H and O–H groups in total. The van der Waals surface area contributed by atoms with Crippen LogP contribution in [-0.4, -0.2) is 53.6 Å². The van der Waals surface area contributed by atoms with Crippen molar-refractivity contribution < 1.29 is 14.9 Å². The van der Waals surface area contributed by atoms with Crippen LogP contribution in [0.1, 0.15) is 48.5 Å². The third kappa shape index (κ3) is 5.65. The van der Waals surface area contributed by atoms with Gasteiger partial charge in [-0.1, -0.05) is 61.0 Å². The highest BCUT2D eigenvalue weighted by Gasteiger charge is 2.25. The van der Waals surface area contributed by atoms with E-state index in [1.807, 2.05) is 30.3 Å². The molecule has 0 bridgehead atoms. The average Bonchev–Trinajstić information content (AvgIpc) is 2.72. The molecule has 152 valence electrons. The van der Waals surface area contributed by atoms with Gasteiger partial charge in [-0.05, 0) is 49.4 Å². The molecule has 0 amide bonds. The Hall–Kier alpha value is -1.72. The highest BCUT2D eigenvalue weighted by atomic mass is 16.5. The van der Waals surface area contributed by atoms with E-state index in [0.29, 0.717) is 12.6 Å². The first-order chi connectivity index (χ1) is 13.7. The van der Waals surface area contributed by atoms with Crippen molar-refractivity contribution in [1.29, 1.82) is 0 Å². The summed E-state index contributed by atoms with van der Waals surface area (Å²) >= 11 is 0. The van der Waals surface area contributed by atoms with Gasteiger partial charge >= 0.3 is 0 Å². The zero-order chi connectivity index (χ0) is 19.8. The average molecular weight is 384 g/mol. The molecule has 1 aliphatic heterocycles. The zero-order valence-corrected chi connectivity index (χ0v) is 16.8. The third-order valence-electron chi connectivity index (χ3n) is 5.69. The molecule has 1 aliphatic rings. The van der Waals surface area contributed by atoms with Crippen LogP contribution in [0.4, 0.5) is 0 Å². The van der Waals surface area contributed by atoms with Gasteiger partial charge in [0, 0.05) is 19.2 Å². The molecule has 28 heavy (non-hydrogen) atoms. The van der Waals surface area contributed by atoms with Crippen molar-refractivity contribution in [2.24, 2.45) is 0 Å². The molecule has 0 spiro atoms. The van der Waals surface area contributed by atoms with Gasteiger partial charge in [-0.3, -0.25) is 4.90 Å². The van der Waals surface area contributed by atoms with Crippen molar-refractivity contribution in [2.45, 2.75) is 50.9 Å². The van der Waals surface area contributed by atoms with Crippen LogP contribution in [0.3, 0.4) is 0 Å². The number of benzene rings is 2. The normalized spacial score (nSPS) is 20.0. The number of rotatable bonds is 9. The van der Waals surface area contributed by atoms with Crippen LogP contribution in [-0.2, 0) is 4.74 Å². The van der Waals surface area contributed by atoms with Crippen LogP contribution < -0.4 is 0 Å². The number of aliphatic hydroxyl groups is 2. The molecule has 0 aromatic heterocycles. The first kappa shape index (κ1) is 21.0. The maximum Gasteiger partial charge on any atom is 0.108 e. The van der Waals surface area contributed by atoms with Crippen molar-refractivity contribution in [3.63, 3.8) is 0 Å². The summed E-state index contributed by atoms with van der Waals surface area (Å²) in [6.45, 7) is 4.17. The molecule has 1 saturated heterocycles. The minimum Gasteiger partial charge on any atom is -0.396 e. The minimum absolute atomic E-state index is 0.188. The van der Waals surface area contributed by atoms with Crippen molar-refractivity contribution in [3.8, 4) is 0 Å². The van der Waals surface area contributed by atoms with Gasteiger partial charge in [0.2, 0.25) is 0 Å². The van der Waals surface area contributed by atoms with Crippen molar-refractivity contribution in [3.05, 3.63) is 71.3 Å². The summed E-state index contributed by atoms with van der Waals surface area (Å²) in [5.74, 6) is 0. The molecule has 4 nitrogen and oxygen atoms in total. The number of nitrogens with zero attached hydrogens (tertiary/aromatic N) is 1. The number of aryl methyl sites for hydroxylation is 1. The van der Waals surface area contributed by atoms with E-state index in [4.69, 9.17) is 4.74 Å². The van der Waals surface area contributed by atoms with Gasteiger partial charge in [-0.15, -0.1) is 0 Å².